The molecule has 1 aliphatic heterocycles. The summed E-state index contributed by atoms with van der Waals surface area (Å²) in [5.41, 5.74) is 2.33. The zero-order valence-corrected chi connectivity index (χ0v) is 15.1. The van der Waals surface area contributed by atoms with Crippen molar-refractivity contribution in [2.24, 2.45) is 0 Å². The first-order valence-corrected chi connectivity index (χ1v) is 8.77. The number of aromatic nitrogens is 1. The van der Waals surface area contributed by atoms with E-state index in [-0.39, 0.29) is 5.91 Å². The lowest BCUT2D eigenvalue weighted by Crippen LogP contribution is -2.51. The van der Waals surface area contributed by atoms with Gasteiger partial charge in [-0.15, -0.1) is 0 Å². The summed E-state index contributed by atoms with van der Waals surface area (Å²) in [5, 5.41) is 0. The molecular weight excluding hydrogens is 330 g/mol. The van der Waals surface area contributed by atoms with Crippen LogP contribution < -0.4 is 4.90 Å². The molecule has 0 spiro atoms. The van der Waals surface area contributed by atoms with Gasteiger partial charge in [0.05, 0.1) is 5.56 Å². The second-order valence-corrected chi connectivity index (χ2v) is 6.38. The van der Waals surface area contributed by atoms with Gasteiger partial charge in [-0.3, -0.25) is 9.78 Å². The van der Waals surface area contributed by atoms with Crippen molar-refractivity contribution in [2.45, 2.75) is 20.0 Å². The fourth-order valence-electron chi connectivity index (χ4n) is 2.95. The molecule has 0 unspecified atom stereocenters. The first-order chi connectivity index (χ1) is 12.5. The van der Waals surface area contributed by atoms with E-state index >= 15 is 0 Å². The molecule has 0 aliphatic carbocycles. The van der Waals surface area contributed by atoms with Crippen LogP contribution in [-0.2, 0) is 9.53 Å². The molecule has 26 heavy (non-hydrogen) atoms. The molecule has 1 fully saturated rings. The number of carbonyl (C=O) groups excluding carboxylic acids is 2. The van der Waals surface area contributed by atoms with Crippen LogP contribution in [0.4, 0.5) is 5.69 Å². The highest BCUT2D eigenvalue weighted by molar-refractivity contribution is 5.92. The number of hydrogen-bond donors (Lipinski definition) is 0. The molecule has 1 aliphatic rings. The van der Waals surface area contributed by atoms with Crippen LogP contribution >= 0.6 is 0 Å². The van der Waals surface area contributed by atoms with Gasteiger partial charge in [0.2, 0.25) is 0 Å². The molecule has 0 radical (unpaired) electrons. The highest BCUT2D eigenvalue weighted by Crippen LogP contribution is 2.16. The van der Waals surface area contributed by atoms with Gasteiger partial charge >= 0.3 is 5.97 Å². The molecule has 1 aromatic carbocycles. The highest BCUT2D eigenvalue weighted by Gasteiger charge is 2.27. The van der Waals surface area contributed by atoms with Gasteiger partial charge < -0.3 is 14.5 Å². The first kappa shape index (κ1) is 17.9. The number of aryl methyl sites for hydroxylation is 1. The van der Waals surface area contributed by atoms with Crippen molar-refractivity contribution in [1.29, 1.82) is 0 Å². The summed E-state index contributed by atoms with van der Waals surface area (Å²) in [4.78, 5) is 32.8. The van der Waals surface area contributed by atoms with Gasteiger partial charge in [-0.1, -0.05) is 18.2 Å². The van der Waals surface area contributed by atoms with Gasteiger partial charge in [-0.2, -0.15) is 0 Å². The zero-order valence-electron chi connectivity index (χ0n) is 15.1. The Balaban J connectivity index is 1.53. The summed E-state index contributed by atoms with van der Waals surface area (Å²) in [6.45, 7) is 6.21. The smallest absolute Gasteiger partial charge is 0.340 e. The van der Waals surface area contributed by atoms with E-state index in [9.17, 15) is 9.59 Å². The van der Waals surface area contributed by atoms with Crippen LogP contribution in [0.2, 0.25) is 0 Å². The molecule has 1 atom stereocenters. The number of amides is 1. The molecule has 0 saturated carbocycles. The van der Waals surface area contributed by atoms with Crippen LogP contribution in [0.5, 0.6) is 0 Å². The minimum absolute atomic E-state index is 0.161. The second-order valence-electron chi connectivity index (χ2n) is 6.38. The molecule has 0 bridgehead atoms. The number of para-hydroxylation sites is 1. The van der Waals surface area contributed by atoms with Crippen LogP contribution in [-0.4, -0.2) is 54.0 Å². The molecule has 136 valence electrons. The SMILES string of the molecule is Cc1ccc(C(=O)O[C@@H](C)C(=O)N2CCN(c3ccccc3)CC2)cn1. The molecule has 2 aromatic rings. The molecule has 6 nitrogen and oxygen atoms in total. The van der Waals surface area contributed by atoms with E-state index in [1.54, 1.807) is 24.0 Å². The third-order valence-electron chi connectivity index (χ3n) is 4.49. The minimum atomic E-state index is -0.813. The Hall–Kier alpha value is -2.89. The molecular formula is C20H23N3O3. The van der Waals surface area contributed by atoms with Crippen molar-refractivity contribution in [1.82, 2.24) is 9.88 Å². The number of ether oxygens (including phenoxy) is 1. The van der Waals surface area contributed by atoms with Crippen molar-refractivity contribution < 1.29 is 14.3 Å². The average molecular weight is 353 g/mol. The minimum Gasteiger partial charge on any atom is -0.449 e. The highest BCUT2D eigenvalue weighted by atomic mass is 16.5. The summed E-state index contributed by atoms with van der Waals surface area (Å²) in [6.07, 6.45) is 0.653. The zero-order chi connectivity index (χ0) is 18.5. The Kier molecular flexibility index (Phi) is 5.51. The number of nitrogens with zero attached hydrogens (tertiary/aromatic N) is 3. The van der Waals surface area contributed by atoms with Crippen molar-refractivity contribution in [3.63, 3.8) is 0 Å². The van der Waals surface area contributed by atoms with E-state index in [1.165, 1.54) is 6.20 Å². The van der Waals surface area contributed by atoms with Crippen LogP contribution in [0.3, 0.4) is 0 Å². The Labute approximate surface area is 153 Å². The maximum Gasteiger partial charge on any atom is 0.340 e. The van der Waals surface area contributed by atoms with E-state index in [1.807, 2.05) is 25.1 Å². The summed E-state index contributed by atoms with van der Waals surface area (Å²) >= 11 is 0. The molecule has 1 amide bonds. The third-order valence-corrected chi connectivity index (χ3v) is 4.49. The lowest BCUT2D eigenvalue weighted by atomic mass is 10.2. The van der Waals surface area contributed by atoms with Gasteiger partial charge in [-0.25, -0.2) is 4.79 Å². The Morgan fingerprint density at radius 1 is 1.04 bits per heavy atom. The lowest BCUT2D eigenvalue weighted by Gasteiger charge is -2.37. The van der Waals surface area contributed by atoms with E-state index in [4.69, 9.17) is 4.74 Å². The van der Waals surface area contributed by atoms with Crippen LogP contribution in [0.1, 0.15) is 23.0 Å². The van der Waals surface area contributed by atoms with Crippen molar-refractivity contribution in [3.8, 4) is 0 Å². The van der Waals surface area contributed by atoms with E-state index in [2.05, 4.69) is 22.0 Å². The van der Waals surface area contributed by atoms with Gasteiger partial charge in [-0.05, 0) is 38.1 Å². The monoisotopic (exact) mass is 353 g/mol. The maximum absolute atomic E-state index is 12.6. The van der Waals surface area contributed by atoms with Crippen LogP contribution in [0.15, 0.2) is 48.7 Å². The Morgan fingerprint density at radius 3 is 2.35 bits per heavy atom. The largest absolute Gasteiger partial charge is 0.449 e. The fourth-order valence-corrected chi connectivity index (χ4v) is 2.95. The Morgan fingerprint density at radius 2 is 1.73 bits per heavy atom. The maximum atomic E-state index is 12.6. The van der Waals surface area contributed by atoms with E-state index < -0.39 is 12.1 Å². The van der Waals surface area contributed by atoms with Crippen molar-refractivity contribution >= 4 is 17.6 Å². The van der Waals surface area contributed by atoms with Crippen LogP contribution in [0.25, 0.3) is 0 Å². The molecule has 6 heteroatoms. The number of benzene rings is 1. The van der Waals surface area contributed by atoms with Gasteiger partial charge in [0.25, 0.3) is 5.91 Å². The molecule has 2 heterocycles. The predicted molar refractivity (Wildman–Crippen MR) is 99.1 cm³/mol. The van der Waals surface area contributed by atoms with Crippen molar-refractivity contribution in [3.05, 3.63) is 59.9 Å². The number of pyridine rings is 1. The number of piperazine rings is 1. The first-order valence-electron chi connectivity index (χ1n) is 8.77. The van der Waals surface area contributed by atoms with Gasteiger partial charge in [0.15, 0.2) is 6.10 Å². The summed E-state index contributed by atoms with van der Waals surface area (Å²) < 4.78 is 5.32. The summed E-state index contributed by atoms with van der Waals surface area (Å²) in [6, 6.07) is 13.5. The standard InChI is InChI=1S/C20H23N3O3/c1-15-8-9-17(14-21-15)20(25)26-16(2)19(24)23-12-10-22(11-13-23)18-6-4-3-5-7-18/h3-9,14,16H,10-13H2,1-2H3/t16-/m0/s1. The molecule has 0 N–H and O–H groups in total. The fraction of sp³-hybridized carbons (Fsp3) is 0.350. The lowest BCUT2D eigenvalue weighted by molar-refractivity contribution is -0.140. The number of anilines is 1. The molecule has 3 rings (SSSR count). The number of carbonyl (C=O) groups is 2. The number of hydrogen-bond acceptors (Lipinski definition) is 5. The average Bonchev–Trinajstić information content (AvgIpc) is 2.68. The van der Waals surface area contributed by atoms with Crippen LogP contribution in [0, 0.1) is 6.92 Å². The quantitative estimate of drug-likeness (QED) is 0.789. The topological polar surface area (TPSA) is 62.7 Å². The number of rotatable bonds is 4. The van der Waals surface area contributed by atoms with Gasteiger partial charge in [0.1, 0.15) is 0 Å². The molecule has 1 aromatic heterocycles. The predicted octanol–water partition coefficient (Wildman–Crippen LogP) is 2.28. The summed E-state index contributed by atoms with van der Waals surface area (Å²) in [7, 11) is 0. The third kappa shape index (κ3) is 4.20. The van der Waals surface area contributed by atoms with E-state index in [0.717, 1.165) is 24.5 Å². The van der Waals surface area contributed by atoms with E-state index in [0.29, 0.717) is 18.7 Å². The normalized spacial score (nSPS) is 15.5. The van der Waals surface area contributed by atoms with Crippen molar-refractivity contribution in [2.75, 3.05) is 31.1 Å². The summed E-state index contributed by atoms with van der Waals surface area (Å²) in [5.74, 6) is -0.688. The molecule has 1 saturated heterocycles. The van der Waals surface area contributed by atoms with Gasteiger partial charge in [0, 0.05) is 43.8 Å². The second kappa shape index (κ2) is 7.99. The Bertz CT molecular complexity index is 754. The number of esters is 1.